The number of thioether (sulfide) groups is 1. The van der Waals surface area contributed by atoms with Gasteiger partial charge in [0.25, 0.3) is 0 Å². The van der Waals surface area contributed by atoms with Crippen LogP contribution in [0.3, 0.4) is 0 Å². The van der Waals surface area contributed by atoms with Crippen molar-refractivity contribution >= 4 is 47.2 Å². The van der Waals surface area contributed by atoms with Crippen LogP contribution in [0, 0.1) is 5.92 Å². The molecule has 0 unspecified atom stereocenters. The van der Waals surface area contributed by atoms with E-state index in [0.717, 1.165) is 5.56 Å². The minimum Gasteiger partial charge on any atom is -0.351 e. The molecule has 0 radical (unpaired) electrons. The third-order valence-electron chi connectivity index (χ3n) is 8.79. The number of aryl methyl sites for hydroxylation is 1. The molecule has 2 aliphatic rings. The number of rotatable bonds is 9. The van der Waals surface area contributed by atoms with E-state index in [4.69, 9.17) is 0 Å². The fraction of sp³-hybridized carbons (Fsp3) is 0.514. The van der Waals surface area contributed by atoms with Crippen LogP contribution < -0.4 is 26.6 Å². The first kappa shape index (κ1) is 37.4. The van der Waals surface area contributed by atoms with Crippen molar-refractivity contribution in [1.82, 2.24) is 36.5 Å². The summed E-state index contributed by atoms with van der Waals surface area (Å²) in [6.07, 6.45) is 6.22. The molecule has 5 N–H and O–H groups in total. The lowest BCUT2D eigenvalue weighted by Gasteiger charge is -2.32. The lowest BCUT2D eigenvalue weighted by molar-refractivity contribution is -0.143. The van der Waals surface area contributed by atoms with Gasteiger partial charge in [-0.1, -0.05) is 44.2 Å². The lowest BCUT2D eigenvalue weighted by Crippen LogP contribution is -2.59. The van der Waals surface area contributed by atoms with Crippen molar-refractivity contribution in [2.75, 3.05) is 18.6 Å². The van der Waals surface area contributed by atoms with Gasteiger partial charge in [0.05, 0.1) is 12.5 Å². The van der Waals surface area contributed by atoms with E-state index in [1.807, 2.05) is 24.5 Å². The molecule has 1 aromatic heterocycles. The van der Waals surface area contributed by atoms with Gasteiger partial charge in [-0.25, -0.2) is 0 Å². The number of aromatic nitrogens is 1. The molecule has 0 bridgehead atoms. The highest BCUT2D eigenvalue weighted by molar-refractivity contribution is 7.98. The predicted molar refractivity (Wildman–Crippen MR) is 186 cm³/mol. The summed E-state index contributed by atoms with van der Waals surface area (Å²) in [5.74, 6) is -2.54. The molecular formula is C35H47N7O6S. The van der Waals surface area contributed by atoms with E-state index in [1.54, 1.807) is 50.5 Å². The van der Waals surface area contributed by atoms with Crippen LogP contribution in [0.5, 0.6) is 0 Å². The molecule has 6 atom stereocenters. The summed E-state index contributed by atoms with van der Waals surface area (Å²) in [7, 11) is 0. The number of fused-ring (bicyclic) bond motifs is 1. The van der Waals surface area contributed by atoms with Crippen molar-refractivity contribution in [2.24, 2.45) is 5.92 Å². The first-order valence-electron chi connectivity index (χ1n) is 16.7. The number of carbonyl (C=O) groups is 6. The monoisotopic (exact) mass is 693 g/mol. The minimum atomic E-state index is -1.01. The van der Waals surface area contributed by atoms with Crippen LogP contribution in [-0.4, -0.2) is 94.1 Å². The zero-order valence-corrected chi connectivity index (χ0v) is 29.3. The Balaban J connectivity index is 1.62. The van der Waals surface area contributed by atoms with Crippen molar-refractivity contribution in [3.05, 3.63) is 66.0 Å². The van der Waals surface area contributed by atoms with Gasteiger partial charge in [0.2, 0.25) is 35.4 Å². The number of hydrogen-bond donors (Lipinski definition) is 5. The van der Waals surface area contributed by atoms with Crippen molar-refractivity contribution in [1.29, 1.82) is 0 Å². The van der Waals surface area contributed by atoms with Crippen molar-refractivity contribution < 1.29 is 28.8 Å². The van der Waals surface area contributed by atoms with E-state index >= 15 is 0 Å². The molecular weight excluding hydrogens is 646 g/mol. The van der Waals surface area contributed by atoms with Crippen molar-refractivity contribution in [2.45, 2.75) is 89.1 Å². The second kappa shape index (κ2) is 17.8. The summed E-state index contributed by atoms with van der Waals surface area (Å²) in [5, 5.41) is 14.3. The molecule has 264 valence electrons. The zero-order chi connectivity index (χ0) is 35.5. The van der Waals surface area contributed by atoms with Crippen LogP contribution in [0.25, 0.3) is 0 Å². The maximum atomic E-state index is 14.2. The van der Waals surface area contributed by atoms with Crippen LogP contribution in [0.2, 0.25) is 0 Å². The van der Waals surface area contributed by atoms with Gasteiger partial charge < -0.3 is 31.5 Å². The van der Waals surface area contributed by atoms with Crippen LogP contribution in [0.15, 0.2) is 54.9 Å². The Hall–Kier alpha value is -4.46. The number of hydrogen-bond acceptors (Lipinski definition) is 8. The molecule has 14 heteroatoms. The van der Waals surface area contributed by atoms with Gasteiger partial charge in [-0.3, -0.25) is 33.8 Å². The Labute approximate surface area is 291 Å². The highest BCUT2D eigenvalue weighted by Gasteiger charge is 2.44. The maximum absolute atomic E-state index is 14.2. The molecule has 4 rings (SSSR count). The van der Waals surface area contributed by atoms with Gasteiger partial charge in [-0.15, -0.1) is 0 Å². The minimum absolute atomic E-state index is 0.0420. The Morgan fingerprint density at radius 3 is 2.35 bits per heavy atom. The molecule has 2 fully saturated rings. The van der Waals surface area contributed by atoms with E-state index in [9.17, 15) is 28.8 Å². The molecule has 49 heavy (non-hydrogen) atoms. The molecule has 2 aromatic rings. The van der Waals surface area contributed by atoms with Gasteiger partial charge in [0.15, 0.2) is 0 Å². The quantitative estimate of drug-likeness (QED) is 0.261. The predicted octanol–water partition coefficient (Wildman–Crippen LogP) is 1.24. The Morgan fingerprint density at radius 2 is 1.67 bits per heavy atom. The average Bonchev–Trinajstić information content (AvgIpc) is 3.51. The maximum Gasteiger partial charge on any atom is 0.246 e. The topological polar surface area (TPSA) is 179 Å². The highest BCUT2D eigenvalue weighted by atomic mass is 32.2. The first-order valence-corrected chi connectivity index (χ1v) is 18.1. The van der Waals surface area contributed by atoms with Gasteiger partial charge in [-0.05, 0) is 67.4 Å². The number of nitrogens with zero attached hydrogens (tertiary/aromatic N) is 2. The fourth-order valence-corrected chi connectivity index (χ4v) is 6.51. The van der Waals surface area contributed by atoms with E-state index in [2.05, 4.69) is 31.6 Å². The second-order valence-corrected chi connectivity index (χ2v) is 13.9. The van der Waals surface area contributed by atoms with E-state index in [0.29, 0.717) is 24.2 Å². The molecule has 13 nitrogen and oxygen atoms in total. The molecule has 0 saturated carbocycles. The Morgan fingerprint density at radius 1 is 0.959 bits per heavy atom. The summed E-state index contributed by atoms with van der Waals surface area (Å²) in [5.41, 5.74) is 1.64. The number of nitrogens with one attached hydrogen (secondary N) is 5. The smallest absolute Gasteiger partial charge is 0.246 e. The lowest BCUT2D eigenvalue weighted by atomic mass is 10.0. The molecule has 0 aliphatic carbocycles. The first-order chi connectivity index (χ1) is 23.5. The largest absolute Gasteiger partial charge is 0.351 e. The van der Waals surface area contributed by atoms with Gasteiger partial charge in [0, 0.05) is 31.4 Å². The number of benzene rings is 1. The summed E-state index contributed by atoms with van der Waals surface area (Å²) >= 11 is 1.52. The second-order valence-electron chi connectivity index (χ2n) is 12.9. The van der Waals surface area contributed by atoms with E-state index in [-0.39, 0.29) is 37.6 Å². The Kier molecular flexibility index (Phi) is 13.6. The van der Waals surface area contributed by atoms with E-state index in [1.165, 1.54) is 23.6 Å². The number of carbonyl (C=O) groups excluding carboxylic acids is 6. The van der Waals surface area contributed by atoms with Crippen LogP contribution >= 0.6 is 11.8 Å². The number of pyridine rings is 1. The van der Waals surface area contributed by atoms with Crippen LogP contribution in [-0.2, 0) is 35.2 Å². The third kappa shape index (κ3) is 10.5. The Bertz CT molecular complexity index is 1480. The third-order valence-corrected chi connectivity index (χ3v) is 9.44. The molecule has 3 heterocycles. The molecule has 2 aliphatic heterocycles. The average molecular weight is 694 g/mol. The standard InChI is InChI=1S/C35H47N7O6S/c1-21(2)31-35(48)42-20-25(38-29(43)11-10-23-12-15-36-16-13-23)18-28(42)34(47)37-22(3)32(45)40-27(24-8-6-5-7-9-24)19-30(44)39-26(14-17-49-4)33(46)41-31/h5-9,12-13,15-16,21-22,25-28,31H,10-11,14,17-20H2,1-4H3,(H,37,47)(H,38,43)(H,39,44)(H,40,45)(H,41,46)/t22-,25-,26-,27-,28-,31-/m0/s1. The SMILES string of the molecule is CSCC[C@@H]1NC(=O)C[C@@H](c2ccccc2)NC(=O)[C@H](C)NC(=O)[C@@H]2C[C@H](NC(=O)CCc3ccncc3)CN2C(=O)[C@H](C(C)C)NC1=O. The highest BCUT2D eigenvalue weighted by Crippen LogP contribution is 2.23. The zero-order valence-electron chi connectivity index (χ0n) is 28.4. The molecule has 0 spiro atoms. The molecule has 1 aromatic carbocycles. The number of amides is 6. The van der Waals surface area contributed by atoms with Crippen LogP contribution in [0.1, 0.15) is 63.6 Å². The molecule has 2 saturated heterocycles. The van der Waals surface area contributed by atoms with Gasteiger partial charge in [0.1, 0.15) is 24.2 Å². The summed E-state index contributed by atoms with van der Waals surface area (Å²) in [4.78, 5) is 86.8. The van der Waals surface area contributed by atoms with Gasteiger partial charge in [-0.2, -0.15) is 11.8 Å². The van der Waals surface area contributed by atoms with E-state index < -0.39 is 65.8 Å². The van der Waals surface area contributed by atoms with Crippen LogP contribution in [0.4, 0.5) is 0 Å². The summed E-state index contributed by atoms with van der Waals surface area (Å²) in [6.45, 7) is 5.15. The van der Waals surface area contributed by atoms with Crippen molar-refractivity contribution in [3.8, 4) is 0 Å². The van der Waals surface area contributed by atoms with Crippen molar-refractivity contribution in [3.63, 3.8) is 0 Å². The van der Waals surface area contributed by atoms with Gasteiger partial charge >= 0.3 is 0 Å². The normalized spacial score (nSPS) is 25.6. The summed E-state index contributed by atoms with van der Waals surface area (Å²) < 4.78 is 0. The molecule has 6 amide bonds. The summed E-state index contributed by atoms with van der Waals surface area (Å²) in [6, 6.07) is 7.45. The fourth-order valence-electron chi connectivity index (χ4n) is 6.04.